The Kier molecular flexibility index (Phi) is 4.35. The summed E-state index contributed by atoms with van der Waals surface area (Å²) in [6, 6.07) is 15.6. The molecule has 3 nitrogen and oxygen atoms in total. The summed E-state index contributed by atoms with van der Waals surface area (Å²) in [5.74, 6) is 0.414. The van der Waals surface area contributed by atoms with E-state index in [0.29, 0.717) is 12.3 Å². The first-order valence-electron chi connectivity index (χ1n) is 5.86. The lowest BCUT2D eigenvalue weighted by Gasteiger charge is -2.08. The minimum atomic E-state index is -0.237. The van der Waals surface area contributed by atoms with Crippen LogP contribution in [0.3, 0.4) is 0 Å². The van der Waals surface area contributed by atoms with Gasteiger partial charge < -0.3 is 10.1 Å². The van der Waals surface area contributed by atoms with Crippen molar-refractivity contribution < 1.29 is 9.13 Å². The molecule has 0 saturated carbocycles. The van der Waals surface area contributed by atoms with Gasteiger partial charge in [0.1, 0.15) is 17.6 Å². The van der Waals surface area contributed by atoms with Crippen LogP contribution in [0.2, 0.25) is 0 Å². The lowest BCUT2D eigenvalue weighted by molar-refractivity contribution is 0.368. The van der Waals surface area contributed by atoms with Crippen LogP contribution in [0.25, 0.3) is 0 Å². The maximum atomic E-state index is 13.0. The summed E-state index contributed by atoms with van der Waals surface area (Å²) in [4.78, 5) is 0. The number of rotatable bonds is 5. The van der Waals surface area contributed by atoms with Gasteiger partial charge in [0.15, 0.2) is 6.61 Å². The van der Waals surface area contributed by atoms with Gasteiger partial charge in [-0.05, 0) is 42.0 Å². The number of hydrogen-bond acceptors (Lipinski definition) is 3. The van der Waals surface area contributed by atoms with Gasteiger partial charge in [-0.15, -0.1) is 0 Å². The van der Waals surface area contributed by atoms with E-state index in [1.165, 1.54) is 12.1 Å². The molecule has 0 aliphatic carbocycles. The molecule has 0 bridgehead atoms. The van der Waals surface area contributed by atoms with Crippen molar-refractivity contribution in [3.05, 3.63) is 59.9 Å². The summed E-state index contributed by atoms with van der Waals surface area (Å²) in [6.45, 7) is 0.590. The van der Waals surface area contributed by atoms with Crippen LogP contribution in [0.5, 0.6) is 5.75 Å². The van der Waals surface area contributed by atoms with Crippen molar-refractivity contribution in [3.8, 4) is 11.8 Å². The van der Waals surface area contributed by atoms with E-state index in [9.17, 15) is 4.39 Å². The van der Waals surface area contributed by atoms with Crippen molar-refractivity contribution in [3.63, 3.8) is 0 Å². The van der Waals surface area contributed by atoms with Gasteiger partial charge in [-0.25, -0.2) is 4.39 Å². The number of nitriles is 1. The van der Waals surface area contributed by atoms with Crippen LogP contribution in [-0.2, 0) is 6.54 Å². The molecule has 0 atom stereocenters. The van der Waals surface area contributed by atoms with E-state index in [4.69, 9.17) is 10.00 Å². The average Bonchev–Trinajstić information content (AvgIpc) is 2.44. The maximum absolute atomic E-state index is 13.0. The lowest BCUT2D eigenvalue weighted by atomic mass is 10.2. The normalized spacial score (nSPS) is 9.68. The smallest absolute Gasteiger partial charge is 0.174 e. The zero-order valence-electron chi connectivity index (χ0n) is 10.3. The third-order valence-corrected chi connectivity index (χ3v) is 2.54. The van der Waals surface area contributed by atoms with E-state index in [0.717, 1.165) is 11.3 Å². The fraction of sp³-hybridized carbons (Fsp3) is 0.133. The molecule has 1 N–H and O–H groups in total. The molecule has 0 fully saturated rings. The molecule has 0 unspecified atom stereocenters. The quantitative estimate of drug-likeness (QED) is 0.892. The Labute approximate surface area is 111 Å². The van der Waals surface area contributed by atoms with Crippen molar-refractivity contribution >= 4 is 5.69 Å². The largest absolute Gasteiger partial charge is 0.479 e. The van der Waals surface area contributed by atoms with E-state index in [1.54, 1.807) is 18.2 Å². The Morgan fingerprint density at radius 2 is 1.95 bits per heavy atom. The van der Waals surface area contributed by atoms with Crippen LogP contribution in [-0.4, -0.2) is 6.61 Å². The number of nitrogens with zero attached hydrogens (tertiary/aromatic N) is 1. The fourth-order valence-electron chi connectivity index (χ4n) is 1.64. The molecule has 0 amide bonds. The number of anilines is 1. The van der Waals surface area contributed by atoms with Gasteiger partial charge in [-0.3, -0.25) is 0 Å². The zero-order valence-corrected chi connectivity index (χ0v) is 10.3. The molecular weight excluding hydrogens is 243 g/mol. The molecule has 0 radical (unpaired) electrons. The first-order valence-corrected chi connectivity index (χ1v) is 5.86. The summed E-state index contributed by atoms with van der Waals surface area (Å²) < 4.78 is 18.1. The highest BCUT2D eigenvalue weighted by Crippen LogP contribution is 2.16. The van der Waals surface area contributed by atoms with Crippen LogP contribution in [0, 0.1) is 17.1 Å². The highest BCUT2D eigenvalue weighted by Gasteiger charge is 1.97. The number of nitrogens with one attached hydrogen (secondary N) is 1. The molecule has 2 aromatic rings. The highest BCUT2D eigenvalue weighted by molar-refractivity contribution is 5.46. The van der Waals surface area contributed by atoms with Gasteiger partial charge in [0.2, 0.25) is 0 Å². The first kappa shape index (κ1) is 12.9. The van der Waals surface area contributed by atoms with Gasteiger partial charge in [-0.2, -0.15) is 5.26 Å². The number of hydrogen-bond donors (Lipinski definition) is 1. The van der Waals surface area contributed by atoms with Crippen molar-refractivity contribution in [1.29, 1.82) is 5.26 Å². The lowest BCUT2D eigenvalue weighted by Crippen LogP contribution is -2.00. The molecule has 96 valence electrons. The van der Waals surface area contributed by atoms with E-state index >= 15 is 0 Å². The number of benzene rings is 2. The van der Waals surface area contributed by atoms with Gasteiger partial charge in [0.25, 0.3) is 0 Å². The second-order valence-corrected chi connectivity index (χ2v) is 3.95. The van der Waals surface area contributed by atoms with Crippen LogP contribution in [0.1, 0.15) is 5.56 Å². The topological polar surface area (TPSA) is 45.0 Å². The second kappa shape index (κ2) is 6.41. The summed E-state index contributed by atoms with van der Waals surface area (Å²) in [5.41, 5.74) is 1.79. The van der Waals surface area contributed by atoms with Crippen molar-refractivity contribution in [2.45, 2.75) is 6.54 Å². The standard InChI is InChI=1S/C15H13FN2O/c16-13-3-1-2-12(10-13)11-18-14-4-6-15(7-5-14)19-9-8-17/h1-7,10,18H,9,11H2. The molecule has 0 saturated heterocycles. The predicted molar refractivity (Wildman–Crippen MR) is 71.3 cm³/mol. The zero-order chi connectivity index (χ0) is 13.5. The Hall–Kier alpha value is -2.54. The third-order valence-electron chi connectivity index (χ3n) is 2.54. The summed E-state index contributed by atoms with van der Waals surface area (Å²) in [5, 5.41) is 11.6. The van der Waals surface area contributed by atoms with Gasteiger partial charge >= 0.3 is 0 Å². The minimum Gasteiger partial charge on any atom is -0.479 e. The van der Waals surface area contributed by atoms with Crippen LogP contribution < -0.4 is 10.1 Å². The minimum absolute atomic E-state index is 0.0378. The first-order chi connectivity index (χ1) is 9.28. The SMILES string of the molecule is N#CCOc1ccc(NCc2cccc(F)c2)cc1. The van der Waals surface area contributed by atoms with E-state index < -0.39 is 0 Å². The predicted octanol–water partition coefficient (Wildman–Crippen LogP) is 3.34. The van der Waals surface area contributed by atoms with Crippen molar-refractivity contribution in [2.75, 3.05) is 11.9 Å². The fourth-order valence-corrected chi connectivity index (χ4v) is 1.64. The highest BCUT2D eigenvalue weighted by atomic mass is 19.1. The maximum Gasteiger partial charge on any atom is 0.174 e. The Morgan fingerprint density at radius 3 is 2.63 bits per heavy atom. The van der Waals surface area contributed by atoms with Gasteiger partial charge in [-0.1, -0.05) is 12.1 Å². The van der Waals surface area contributed by atoms with E-state index in [2.05, 4.69) is 5.32 Å². The third kappa shape index (κ3) is 4.00. The Balaban J connectivity index is 1.91. The van der Waals surface area contributed by atoms with Crippen LogP contribution in [0.4, 0.5) is 10.1 Å². The molecular formula is C15H13FN2O. The second-order valence-electron chi connectivity index (χ2n) is 3.95. The number of halogens is 1. The van der Waals surface area contributed by atoms with Gasteiger partial charge in [0.05, 0.1) is 0 Å². The molecule has 4 heteroatoms. The summed E-state index contributed by atoms with van der Waals surface area (Å²) >= 11 is 0. The van der Waals surface area contributed by atoms with Gasteiger partial charge in [0, 0.05) is 12.2 Å². The Bertz CT molecular complexity index is 575. The van der Waals surface area contributed by atoms with Crippen molar-refractivity contribution in [2.24, 2.45) is 0 Å². The molecule has 0 aliphatic heterocycles. The molecule has 2 aromatic carbocycles. The Morgan fingerprint density at radius 1 is 1.16 bits per heavy atom. The van der Waals surface area contributed by atoms with Crippen LogP contribution >= 0.6 is 0 Å². The monoisotopic (exact) mass is 256 g/mol. The molecule has 0 heterocycles. The van der Waals surface area contributed by atoms with E-state index in [1.807, 2.05) is 24.3 Å². The molecule has 0 spiro atoms. The van der Waals surface area contributed by atoms with Crippen LogP contribution in [0.15, 0.2) is 48.5 Å². The number of ether oxygens (including phenoxy) is 1. The summed E-state index contributed by atoms with van der Waals surface area (Å²) in [6.07, 6.45) is 0. The molecule has 0 aliphatic rings. The summed E-state index contributed by atoms with van der Waals surface area (Å²) in [7, 11) is 0. The molecule has 2 rings (SSSR count). The van der Waals surface area contributed by atoms with Crippen molar-refractivity contribution in [1.82, 2.24) is 0 Å². The molecule has 0 aromatic heterocycles. The van der Waals surface area contributed by atoms with E-state index in [-0.39, 0.29) is 12.4 Å². The molecule has 19 heavy (non-hydrogen) atoms. The average molecular weight is 256 g/mol.